The SMILES string of the molecule is C[C@]12C[C@@H](O)[C@H]3[C@@H](C[C@H]4C(=O)[C@H]5C(=O)CC[C@]3(C)[C@@]54C#N)[C@@H]1CC[C@@]21CCC(=O)O1. The summed E-state index contributed by atoms with van der Waals surface area (Å²) in [4.78, 5) is 37.7. The molecular formula is C24H29NO5. The summed E-state index contributed by atoms with van der Waals surface area (Å²) in [6.07, 6.45) is 4.30. The molecule has 5 saturated carbocycles. The van der Waals surface area contributed by atoms with Crippen LogP contribution < -0.4 is 0 Å². The van der Waals surface area contributed by atoms with Gasteiger partial charge in [-0.15, -0.1) is 0 Å². The third-order valence-electron chi connectivity index (χ3n) is 11.0. The van der Waals surface area contributed by atoms with Crippen LogP contribution in [-0.2, 0) is 19.1 Å². The van der Waals surface area contributed by atoms with Crippen LogP contribution >= 0.6 is 0 Å². The van der Waals surface area contributed by atoms with Gasteiger partial charge in [0.15, 0.2) is 0 Å². The number of Topliss-reactive ketones (excluding diaryl/α,β-unsaturated/α-hetero) is 2. The van der Waals surface area contributed by atoms with Crippen molar-refractivity contribution in [1.82, 2.24) is 0 Å². The fourth-order valence-corrected chi connectivity index (χ4v) is 9.78. The summed E-state index contributed by atoms with van der Waals surface area (Å²) in [6, 6.07) is 2.48. The van der Waals surface area contributed by atoms with E-state index in [1.54, 1.807) is 0 Å². The quantitative estimate of drug-likeness (QED) is 0.485. The van der Waals surface area contributed by atoms with Gasteiger partial charge in [0.05, 0.1) is 23.5 Å². The number of esters is 1. The predicted molar refractivity (Wildman–Crippen MR) is 103 cm³/mol. The van der Waals surface area contributed by atoms with Gasteiger partial charge in [-0.2, -0.15) is 5.26 Å². The number of ether oxygens (including phenoxy) is 1. The molecule has 1 aliphatic heterocycles. The van der Waals surface area contributed by atoms with Crippen molar-refractivity contribution < 1.29 is 24.2 Å². The Morgan fingerprint density at radius 3 is 2.53 bits per heavy atom. The van der Waals surface area contributed by atoms with Gasteiger partial charge in [0.1, 0.15) is 17.2 Å². The standard InChI is InChI=1S/C24H29NO5/c1-21-6-4-15(26)19-20(29)14(24(19,21)11-25)9-12-13-3-7-23(8-5-17(28)30-23)22(13,2)10-16(27)18(12)21/h12-14,16,18-19,27H,3-10H2,1-2H3/t12-,13-,14-,16+,18+,19+,21-,22-,23+,24+/m0/s1. The van der Waals surface area contributed by atoms with Gasteiger partial charge in [-0.3, -0.25) is 14.4 Å². The van der Waals surface area contributed by atoms with Crippen molar-refractivity contribution in [3.63, 3.8) is 0 Å². The number of hydrogen-bond donors (Lipinski definition) is 1. The Kier molecular flexibility index (Phi) is 3.39. The Morgan fingerprint density at radius 1 is 1.10 bits per heavy atom. The van der Waals surface area contributed by atoms with Crippen LogP contribution in [0.2, 0.25) is 0 Å². The molecule has 1 heterocycles. The van der Waals surface area contributed by atoms with Crippen molar-refractivity contribution in [1.29, 1.82) is 5.26 Å². The molecule has 6 fully saturated rings. The van der Waals surface area contributed by atoms with Crippen LogP contribution in [0.25, 0.3) is 0 Å². The molecule has 1 spiro atoms. The van der Waals surface area contributed by atoms with E-state index in [-0.39, 0.29) is 40.7 Å². The van der Waals surface area contributed by atoms with E-state index >= 15 is 0 Å². The number of nitrogens with zero attached hydrogens (tertiary/aromatic N) is 1. The summed E-state index contributed by atoms with van der Waals surface area (Å²) in [5.74, 6) is -1.19. The highest BCUT2D eigenvalue weighted by molar-refractivity contribution is 6.11. The van der Waals surface area contributed by atoms with E-state index in [9.17, 15) is 24.8 Å². The lowest BCUT2D eigenvalue weighted by atomic mass is 9.29. The van der Waals surface area contributed by atoms with Gasteiger partial charge in [0.2, 0.25) is 0 Å². The molecule has 0 amide bonds. The number of hydrogen-bond acceptors (Lipinski definition) is 6. The van der Waals surface area contributed by atoms with Gasteiger partial charge >= 0.3 is 5.97 Å². The zero-order valence-corrected chi connectivity index (χ0v) is 17.6. The largest absolute Gasteiger partial charge is 0.458 e. The molecule has 6 nitrogen and oxygen atoms in total. The Labute approximate surface area is 176 Å². The lowest BCUT2D eigenvalue weighted by molar-refractivity contribution is -0.249. The molecule has 0 aromatic carbocycles. The Balaban J connectivity index is 1.46. The molecule has 0 aromatic heterocycles. The molecule has 160 valence electrons. The lowest BCUT2D eigenvalue weighted by Crippen LogP contribution is -2.76. The van der Waals surface area contributed by atoms with E-state index in [1.807, 2.05) is 0 Å². The fourth-order valence-electron chi connectivity index (χ4n) is 9.78. The van der Waals surface area contributed by atoms with Crippen LogP contribution in [0, 0.1) is 57.2 Å². The third-order valence-corrected chi connectivity index (χ3v) is 11.0. The number of aliphatic hydroxyl groups is 1. The Hall–Kier alpha value is -1.74. The van der Waals surface area contributed by atoms with Gasteiger partial charge in [-0.1, -0.05) is 13.8 Å². The van der Waals surface area contributed by atoms with Crippen molar-refractivity contribution >= 4 is 17.5 Å². The van der Waals surface area contributed by atoms with Gasteiger partial charge in [-0.05, 0) is 61.7 Å². The summed E-state index contributed by atoms with van der Waals surface area (Å²) in [5.41, 5.74) is -2.30. The average molecular weight is 411 g/mol. The first-order valence-corrected chi connectivity index (χ1v) is 11.5. The summed E-state index contributed by atoms with van der Waals surface area (Å²) < 4.78 is 5.94. The number of nitriles is 1. The Bertz CT molecular complexity index is 938. The maximum absolute atomic E-state index is 13.0. The van der Waals surface area contributed by atoms with Crippen molar-refractivity contribution in [2.75, 3.05) is 0 Å². The van der Waals surface area contributed by atoms with Crippen LogP contribution in [0.5, 0.6) is 0 Å². The highest BCUT2D eigenvalue weighted by atomic mass is 16.6. The molecule has 1 saturated heterocycles. The van der Waals surface area contributed by atoms with E-state index in [4.69, 9.17) is 4.74 Å². The second-order valence-electron chi connectivity index (χ2n) is 11.5. The fraction of sp³-hybridized carbons (Fsp3) is 0.833. The third kappa shape index (κ3) is 1.70. The summed E-state index contributed by atoms with van der Waals surface area (Å²) in [6.45, 7) is 4.24. The summed E-state index contributed by atoms with van der Waals surface area (Å²) in [7, 11) is 0. The molecule has 0 unspecified atom stereocenters. The van der Waals surface area contributed by atoms with Gasteiger partial charge < -0.3 is 9.84 Å². The first-order valence-electron chi connectivity index (χ1n) is 11.5. The number of rotatable bonds is 0. The Morgan fingerprint density at radius 2 is 1.87 bits per heavy atom. The van der Waals surface area contributed by atoms with E-state index < -0.39 is 34.4 Å². The van der Waals surface area contributed by atoms with Gasteiger partial charge in [-0.25, -0.2) is 0 Å². The molecule has 0 aromatic rings. The number of carbonyl (C=O) groups is 3. The number of aliphatic hydroxyl groups excluding tert-OH is 1. The minimum absolute atomic E-state index is 0.0484. The van der Waals surface area contributed by atoms with Crippen LogP contribution in [0.4, 0.5) is 0 Å². The van der Waals surface area contributed by atoms with Crippen molar-refractivity contribution in [3.05, 3.63) is 0 Å². The number of ketones is 2. The molecule has 0 bridgehead atoms. The van der Waals surface area contributed by atoms with Crippen molar-refractivity contribution in [2.24, 2.45) is 45.8 Å². The van der Waals surface area contributed by atoms with E-state index in [2.05, 4.69) is 19.9 Å². The minimum Gasteiger partial charge on any atom is -0.458 e. The molecule has 6 aliphatic rings. The molecule has 6 heteroatoms. The summed E-state index contributed by atoms with van der Waals surface area (Å²) >= 11 is 0. The number of carbonyl (C=O) groups excluding carboxylic acids is 3. The van der Waals surface area contributed by atoms with Crippen molar-refractivity contribution in [2.45, 2.75) is 76.9 Å². The molecule has 5 aliphatic carbocycles. The zero-order chi connectivity index (χ0) is 21.3. The van der Waals surface area contributed by atoms with Crippen LogP contribution in [0.1, 0.15) is 65.2 Å². The first kappa shape index (κ1) is 19.0. The van der Waals surface area contributed by atoms with Gasteiger partial charge in [0, 0.05) is 24.2 Å². The maximum Gasteiger partial charge on any atom is 0.306 e. The highest BCUT2D eigenvalue weighted by Gasteiger charge is 2.81. The van der Waals surface area contributed by atoms with Crippen LogP contribution in [0.15, 0.2) is 0 Å². The number of fused-ring (bicyclic) bond motifs is 5. The zero-order valence-electron chi connectivity index (χ0n) is 17.6. The second kappa shape index (κ2) is 5.35. The summed E-state index contributed by atoms with van der Waals surface area (Å²) in [5, 5.41) is 21.8. The van der Waals surface area contributed by atoms with Crippen LogP contribution in [0.3, 0.4) is 0 Å². The monoisotopic (exact) mass is 411 g/mol. The molecule has 0 radical (unpaired) electrons. The minimum atomic E-state index is -0.953. The molecule has 30 heavy (non-hydrogen) atoms. The predicted octanol–water partition coefficient (Wildman–Crippen LogP) is 2.57. The van der Waals surface area contributed by atoms with E-state index in [0.717, 1.165) is 12.8 Å². The van der Waals surface area contributed by atoms with Crippen LogP contribution in [-0.4, -0.2) is 34.3 Å². The van der Waals surface area contributed by atoms with E-state index in [0.29, 0.717) is 38.5 Å². The molecule has 10 atom stereocenters. The smallest absolute Gasteiger partial charge is 0.306 e. The normalized spacial score (nSPS) is 58.4. The van der Waals surface area contributed by atoms with Gasteiger partial charge in [0.25, 0.3) is 0 Å². The topological polar surface area (TPSA) is 104 Å². The van der Waals surface area contributed by atoms with Crippen molar-refractivity contribution in [3.8, 4) is 6.07 Å². The lowest BCUT2D eigenvalue weighted by Gasteiger charge is -2.71. The maximum atomic E-state index is 13.0. The average Bonchev–Trinajstić information content (AvgIpc) is 3.21. The molecule has 6 rings (SSSR count). The molecular weight excluding hydrogens is 382 g/mol. The second-order valence-corrected chi connectivity index (χ2v) is 11.5. The first-order chi connectivity index (χ1) is 14.2. The molecule has 1 N–H and O–H groups in total. The van der Waals surface area contributed by atoms with E-state index in [1.165, 1.54) is 0 Å². The highest BCUT2D eigenvalue weighted by Crippen LogP contribution is 2.77.